The van der Waals surface area contributed by atoms with Gasteiger partial charge in [-0.3, -0.25) is 0 Å². The van der Waals surface area contributed by atoms with E-state index in [9.17, 15) is 0 Å². The fourth-order valence-electron chi connectivity index (χ4n) is 2.08. The van der Waals surface area contributed by atoms with E-state index < -0.39 is 0 Å². The number of nitrogens with one attached hydrogen (secondary N) is 1. The number of thioether (sulfide) groups is 1. The first-order chi connectivity index (χ1) is 8.15. The van der Waals surface area contributed by atoms with Gasteiger partial charge in [-0.25, -0.2) is 0 Å². The summed E-state index contributed by atoms with van der Waals surface area (Å²) in [4.78, 5) is 0. The molecule has 1 aromatic carbocycles. The standard InChI is InChI=1S/C15H25NS/c1-5-17-11-10-13(3)16-14(4)15-9-7-6-8-12(15)2/h6-9,13-14,16H,5,10-11H2,1-4H3. The lowest BCUT2D eigenvalue weighted by Gasteiger charge is -2.21. The van der Waals surface area contributed by atoms with Gasteiger partial charge in [0.05, 0.1) is 0 Å². The molecule has 1 rings (SSSR count). The average molecular weight is 251 g/mol. The largest absolute Gasteiger partial charge is 0.308 e. The third kappa shape index (κ3) is 5.13. The molecule has 0 aliphatic carbocycles. The zero-order chi connectivity index (χ0) is 12.7. The summed E-state index contributed by atoms with van der Waals surface area (Å²) in [5.41, 5.74) is 2.80. The van der Waals surface area contributed by atoms with Crippen molar-refractivity contribution in [2.24, 2.45) is 0 Å². The zero-order valence-corrected chi connectivity index (χ0v) is 12.3. The number of benzene rings is 1. The Labute approximate surface area is 110 Å². The highest BCUT2D eigenvalue weighted by Gasteiger charge is 2.10. The Morgan fingerprint density at radius 3 is 2.59 bits per heavy atom. The van der Waals surface area contributed by atoms with Crippen molar-refractivity contribution in [3.8, 4) is 0 Å². The van der Waals surface area contributed by atoms with Gasteiger partial charge >= 0.3 is 0 Å². The van der Waals surface area contributed by atoms with Gasteiger partial charge in [-0.05, 0) is 49.8 Å². The van der Waals surface area contributed by atoms with Gasteiger partial charge in [0, 0.05) is 12.1 Å². The highest BCUT2D eigenvalue weighted by Crippen LogP contribution is 2.18. The molecule has 17 heavy (non-hydrogen) atoms. The van der Waals surface area contributed by atoms with Crippen LogP contribution in [-0.4, -0.2) is 17.5 Å². The maximum absolute atomic E-state index is 3.68. The van der Waals surface area contributed by atoms with Crippen LogP contribution in [0.25, 0.3) is 0 Å². The molecule has 0 saturated heterocycles. The lowest BCUT2D eigenvalue weighted by molar-refractivity contribution is 0.470. The first-order valence-corrected chi connectivity index (χ1v) is 7.70. The summed E-state index contributed by atoms with van der Waals surface area (Å²) in [6, 6.07) is 9.66. The number of hydrogen-bond acceptors (Lipinski definition) is 2. The van der Waals surface area contributed by atoms with E-state index in [4.69, 9.17) is 0 Å². The lowest BCUT2D eigenvalue weighted by atomic mass is 10.0. The third-order valence-electron chi connectivity index (χ3n) is 3.09. The highest BCUT2D eigenvalue weighted by molar-refractivity contribution is 7.99. The molecule has 0 spiro atoms. The van der Waals surface area contributed by atoms with Crippen molar-refractivity contribution >= 4 is 11.8 Å². The molecule has 2 heteroatoms. The van der Waals surface area contributed by atoms with Gasteiger partial charge in [-0.1, -0.05) is 31.2 Å². The average Bonchev–Trinajstić information content (AvgIpc) is 2.29. The van der Waals surface area contributed by atoms with Gasteiger partial charge in [-0.15, -0.1) is 0 Å². The van der Waals surface area contributed by atoms with Crippen LogP contribution in [0.2, 0.25) is 0 Å². The Bertz CT molecular complexity index is 324. The Balaban J connectivity index is 2.43. The van der Waals surface area contributed by atoms with Crippen LogP contribution in [0.1, 0.15) is 44.4 Å². The smallest absolute Gasteiger partial charge is 0.0296 e. The van der Waals surface area contributed by atoms with E-state index in [1.54, 1.807) is 0 Å². The molecular formula is C15H25NS. The summed E-state index contributed by atoms with van der Waals surface area (Å²) in [5.74, 6) is 2.48. The van der Waals surface area contributed by atoms with E-state index in [-0.39, 0.29) is 0 Å². The summed E-state index contributed by atoms with van der Waals surface area (Å²) < 4.78 is 0. The molecule has 1 nitrogen and oxygen atoms in total. The summed E-state index contributed by atoms with van der Waals surface area (Å²) in [6.45, 7) is 8.95. The van der Waals surface area contributed by atoms with Crippen molar-refractivity contribution in [2.75, 3.05) is 11.5 Å². The predicted octanol–water partition coefficient (Wildman–Crippen LogP) is 4.18. The van der Waals surface area contributed by atoms with Crippen LogP contribution in [0, 0.1) is 6.92 Å². The molecule has 0 aliphatic rings. The second-order valence-electron chi connectivity index (χ2n) is 4.63. The Hall–Kier alpha value is -0.470. The quantitative estimate of drug-likeness (QED) is 0.730. The summed E-state index contributed by atoms with van der Waals surface area (Å²) >= 11 is 2.02. The van der Waals surface area contributed by atoms with Crippen LogP contribution < -0.4 is 5.32 Å². The molecule has 0 heterocycles. The van der Waals surface area contributed by atoms with E-state index in [0.717, 1.165) is 0 Å². The van der Waals surface area contributed by atoms with Crippen LogP contribution in [0.3, 0.4) is 0 Å². The van der Waals surface area contributed by atoms with Crippen LogP contribution in [-0.2, 0) is 0 Å². The maximum atomic E-state index is 3.68. The first kappa shape index (κ1) is 14.6. The molecule has 0 amide bonds. The predicted molar refractivity (Wildman–Crippen MR) is 79.8 cm³/mol. The number of aryl methyl sites for hydroxylation is 1. The summed E-state index contributed by atoms with van der Waals surface area (Å²) in [5, 5.41) is 3.68. The van der Waals surface area contributed by atoms with Crippen LogP contribution in [0.4, 0.5) is 0 Å². The van der Waals surface area contributed by atoms with Crippen molar-refractivity contribution in [1.82, 2.24) is 5.32 Å². The normalized spacial score (nSPS) is 14.6. The topological polar surface area (TPSA) is 12.0 Å². The van der Waals surface area contributed by atoms with Crippen molar-refractivity contribution in [3.05, 3.63) is 35.4 Å². The molecule has 2 atom stereocenters. The monoisotopic (exact) mass is 251 g/mol. The van der Waals surface area contributed by atoms with E-state index in [0.29, 0.717) is 12.1 Å². The van der Waals surface area contributed by atoms with Gasteiger partial charge in [0.2, 0.25) is 0 Å². The Morgan fingerprint density at radius 1 is 1.24 bits per heavy atom. The van der Waals surface area contributed by atoms with Crippen molar-refractivity contribution in [2.45, 2.75) is 46.2 Å². The second-order valence-corrected chi connectivity index (χ2v) is 6.03. The molecule has 0 bridgehead atoms. The summed E-state index contributed by atoms with van der Waals surface area (Å²) in [6.07, 6.45) is 1.24. The molecule has 1 N–H and O–H groups in total. The lowest BCUT2D eigenvalue weighted by Crippen LogP contribution is -2.29. The minimum atomic E-state index is 0.442. The van der Waals surface area contributed by atoms with Crippen LogP contribution >= 0.6 is 11.8 Å². The zero-order valence-electron chi connectivity index (χ0n) is 11.5. The number of hydrogen-bond donors (Lipinski definition) is 1. The van der Waals surface area contributed by atoms with E-state index >= 15 is 0 Å². The molecular weight excluding hydrogens is 226 g/mol. The molecule has 0 fully saturated rings. The van der Waals surface area contributed by atoms with Gasteiger partial charge in [0.25, 0.3) is 0 Å². The molecule has 1 aromatic rings. The maximum Gasteiger partial charge on any atom is 0.0296 e. The van der Waals surface area contributed by atoms with Crippen molar-refractivity contribution < 1.29 is 0 Å². The van der Waals surface area contributed by atoms with Crippen LogP contribution in [0.15, 0.2) is 24.3 Å². The van der Waals surface area contributed by atoms with E-state index in [2.05, 4.69) is 57.3 Å². The molecule has 0 aromatic heterocycles. The molecule has 0 saturated carbocycles. The van der Waals surface area contributed by atoms with E-state index in [1.165, 1.54) is 29.1 Å². The molecule has 2 unspecified atom stereocenters. The third-order valence-corrected chi connectivity index (χ3v) is 4.02. The second kappa shape index (κ2) is 7.78. The van der Waals surface area contributed by atoms with Gasteiger partial charge in [0.1, 0.15) is 0 Å². The Kier molecular flexibility index (Phi) is 6.68. The van der Waals surface area contributed by atoms with Crippen LogP contribution in [0.5, 0.6) is 0 Å². The molecule has 96 valence electrons. The van der Waals surface area contributed by atoms with Crippen molar-refractivity contribution in [3.63, 3.8) is 0 Å². The minimum Gasteiger partial charge on any atom is -0.308 e. The SMILES string of the molecule is CCSCCC(C)NC(C)c1ccccc1C. The molecule has 0 radical (unpaired) electrons. The van der Waals surface area contributed by atoms with Crippen molar-refractivity contribution in [1.29, 1.82) is 0 Å². The first-order valence-electron chi connectivity index (χ1n) is 6.54. The van der Waals surface area contributed by atoms with Gasteiger partial charge in [0.15, 0.2) is 0 Å². The van der Waals surface area contributed by atoms with E-state index in [1.807, 2.05) is 11.8 Å². The molecule has 0 aliphatic heterocycles. The minimum absolute atomic E-state index is 0.442. The fourth-order valence-corrected chi connectivity index (χ4v) is 2.89. The van der Waals surface area contributed by atoms with Gasteiger partial charge in [-0.2, -0.15) is 11.8 Å². The Morgan fingerprint density at radius 2 is 1.94 bits per heavy atom. The number of rotatable bonds is 7. The highest BCUT2D eigenvalue weighted by atomic mass is 32.2. The van der Waals surface area contributed by atoms with Gasteiger partial charge < -0.3 is 5.32 Å². The summed E-state index contributed by atoms with van der Waals surface area (Å²) in [7, 11) is 0. The fraction of sp³-hybridized carbons (Fsp3) is 0.600.